The lowest BCUT2D eigenvalue weighted by Crippen LogP contribution is -2.26. The zero-order chi connectivity index (χ0) is 15.0. The molecule has 1 fully saturated rings. The van der Waals surface area contributed by atoms with Gasteiger partial charge in [-0.1, -0.05) is 5.21 Å². The van der Waals surface area contributed by atoms with Crippen LogP contribution in [0.1, 0.15) is 34.9 Å². The molecule has 1 saturated carbocycles. The largest absolute Gasteiger partial charge is 0.299 e. The quantitative estimate of drug-likeness (QED) is 0.807. The van der Waals surface area contributed by atoms with Gasteiger partial charge in [0.15, 0.2) is 5.69 Å². The molecule has 1 heterocycles. The minimum atomic E-state index is -0.340. The Morgan fingerprint density at radius 1 is 1.38 bits per heavy atom. The molecule has 0 saturated heterocycles. The van der Waals surface area contributed by atoms with Crippen molar-refractivity contribution < 1.29 is 14.0 Å². The lowest BCUT2D eigenvalue weighted by molar-refractivity contribution is -0.0761. The van der Waals surface area contributed by atoms with Gasteiger partial charge in [-0.25, -0.2) is 14.1 Å². The molecule has 0 bridgehead atoms. The molecule has 1 amide bonds. The van der Waals surface area contributed by atoms with Crippen LogP contribution in [-0.4, -0.2) is 40.1 Å². The first-order chi connectivity index (χ1) is 10.1. The fourth-order valence-electron chi connectivity index (χ4n) is 2.17. The molecule has 0 aliphatic heterocycles. The standard InChI is InChI=1S/C14H15FN4O2/c1-18(21-2)14(20)12-13(9-3-4-9)19(17-16-12)11-7-5-10(15)6-8-11/h5-9H,3-4H2,1-2H3. The molecule has 0 atom stereocenters. The minimum absolute atomic E-state index is 0.259. The number of amides is 1. The number of hydroxylamine groups is 2. The van der Waals surface area contributed by atoms with E-state index in [0.717, 1.165) is 23.6 Å². The fraction of sp³-hybridized carbons (Fsp3) is 0.357. The first-order valence-electron chi connectivity index (χ1n) is 6.65. The summed E-state index contributed by atoms with van der Waals surface area (Å²) in [5.74, 6) is -0.399. The van der Waals surface area contributed by atoms with E-state index >= 15 is 0 Å². The van der Waals surface area contributed by atoms with E-state index < -0.39 is 0 Å². The number of carbonyl (C=O) groups is 1. The normalized spacial score (nSPS) is 14.2. The third kappa shape index (κ3) is 2.52. The van der Waals surface area contributed by atoms with E-state index in [9.17, 15) is 9.18 Å². The summed E-state index contributed by atoms with van der Waals surface area (Å²) >= 11 is 0. The number of carbonyl (C=O) groups excluding carboxylic acids is 1. The van der Waals surface area contributed by atoms with Crippen molar-refractivity contribution in [1.29, 1.82) is 0 Å². The molecule has 0 spiro atoms. The molecule has 2 aromatic rings. The summed E-state index contributed by atoms with van der Waals surface area (Å²) in [6, 6.07) is 5.95. The van der Waals surface area contributed by atoms with Crippen LogP contribution in [-0.2, 0) is 4.84 Å². The smallest absolute Gasteiger partial charge is 0.274 e. The lowest BCUT2D eigenvalue weighted by Gasteiger charge is -2.13. The number of nitrogens with zero attached hydrogens (tertiary/aromatic N) is 4. The van der Waals surface area contributed by atoms with Gasteiger partial charge in [0.1, 0.15) is 5.82 Å². The molecule has 1 aromatic carbocycles. The van der Waals surface area contributed by atoms with Crippen molar-refractivity contribution in [2.45, 2.75) is 18.8 Å². The van der Waals surface area contributed by atoms with Crippen LogP contribution in [0.4, 0.5) is 4.39 Å². The van der Waals surface area contributed by atoms with Crippen molar-refractivity contribution in [3.63, 3.8) is 0 Å². The van der Waals surface area contributed by atoms with Gasteiger partial charge >= 0.3 is 0 Å². The van der Waals surface area contributed by atoms with Crippen LogP contribution in [0.2, 0.25) is 0 Å². The highest BCUT2D eigenvalue weighted by Crippen LogP contribution is 2.42. The number of rotatable bonds is 4. The number of hydrogen-bond donors (Lipinski definition) is 0. The topological polar surface area (TPSA) is 60.2 Å². The average molecular weight is 290 g/mol. The number of hydrogen-bond acceptors (Lipinski definition) is 4. The van der Waals surface area contributed by atoms with Crippen molar-refractivity contribution in [3.8, 4) is 5.69 Å². The zero-order valence-electron chi connectivity index (χ0n) is 11.8. The van der Waals surface area contributed by atoms with Crippen molar-refractivity contribution in [2.75, 3.05) is 14.2 Å². The highest BCUT2D eigenvalue weighted by Gasteiger charge is 2.35. The van der Waals surface area contributed by atoms with Gasteiger partial charge in [-0.3, -0.25) is 9.63 Å². The molecular formula is C14H15FN4O2. The Balaban J connectivity index is 2.04. The summed E-state index contributed by atoms with van der Waals surface area (Å²) in [5, 5.41) is 9.17. The number of aromatic nitrogens is 3. The SMILES string of the molecule is CON(C)C(=O)c1nnn(-c2ccc(F)cc2)c1C1CC1. The Hall–Kier alpha value is -2.28. The summed E-state index contributed by atoms with van der Waals surface area (Å²) in [5.41, 5.74) is 1.73. The second-order valence-electron chi connectivity index (χ2n) is 4.97. The van der Waals surface area contributed by atoms with Crippen molar-refractivity contribution in [2.24, 2.45) is 0 Å². The van der Waals surface area contributed by atoms with E-state index in [1.54, 1.807) is 16.8 Å². The van der Waals surface area contributed by atoms with Crippen molar-refractivity contribution in [1.82, 2.24) is 20.1 Å². The first kappa shape index (κ1) is 13.7. The van der Waals surface area contributed by atoms with Gasteiger partial charge < -0.3 is 0 Å². The predicted octanol–water partition coefficient (Wildman–Crippen LogP) is 1.92. The maximum atomic E-state index is 13.0. The highest BCUT2D eigenvalue weighted by atomic mass is 19.1. The van der Waals surface area contributed by atoms with E-state index in [4.69, 9.17) is 4.84 Å². The van der Waals surface area contributed by atoms with Gasteiger partial charge in [-0.2, -0.15) is 0 Å². The van der Waals surface area contributed by atoms with E-state index in [1.807, 2.05) is 0 Å². The Bertz CT molecular complexity index is 664. The Labute approximate surface area is 121 Å². The van der Waals surface area contributed by atoms with E-state index in [-0.39, 0.29) is 23.3 Å². The van der Waals surface area contributed by atoms with E-state index in [0.29, 0.717) is 5.69 Å². The third-order valence-corrected chi connectivity index (χ3v) is 3.50. The number of halogens is 1. The second kappa shape index (κ2) is 5.25. The average Bonchev–Trinajstić information content (AvgIpc) is 3.25. The summed E-state index contributed by atoms with van der Waals surface area (Å²) in [6.45, 7) is 0. The van der Waals surface area contributed by atoms with Crippen LogP contribution >= 0.6 is 0 Å². The molecule has 110 valence electrons. The van der Waals surface area contributed by atoms with Gasteiger partial charge in [0.05, 0.1) is 18.5 Å². The molecule has 3 rings (SSSR count). The van der Waals surface area contributed by atoms with Gasteiger partial charge in [0.25, 0.3) is 5.91 Å². The molecule has 1 aliphatic rings. The Morgan fingerprint density at radius 2 is 2.05 bits per heavy atom. The van der Waals surface area contributed by atoms with Crippen LogP contribution < -0.4 is 0 Å². The Morgan fingerprint density at radius 3 is 2.62 bits per heavy atom. The van der Waals surface area contributed by atoms with Gasteiger partial charge in [0, 0.05) is 13.0 Å². The van der Waals surface area contributed by atoms with E-state index in [2.05, 4.69) is 10.3 Å². The van der Waals surface area contributed by atoms with Crippen molar-refractivity contribution in [3.05, 3.63) is 41.5 Å². The molecule has 6 nitrogen and oxygen atoms in total. The fourth-order valence-corrected chi connectivity index (χ4v) is 2.17. The predicted molar refractivity (Wildman–Crippen MR) is 72.4 cm³/mol. The lowest BCUT2D eigenvalue weighted by atomic mass is 10.2. The van der Waals surface area contributed by atoms with Gasteiger partial charge in [-0.15, -0.1) is 5.10 Å². The summed E-state index contributed by atoms with van der Waals surface area (Å²) in [6.07, 6.45) is 1.98. The molecule has 0 unspecified atom stereocenters. The second-order valence-corrected chi connectivity index (χ2v) is 4.97. The highest BCUT2D eigenvalue weighted by molar-refractivity contribution is 5.92. The molecule has 1 aromatic heterocycles. The summed E-state index contributed by atoms with van der Waals surface area (Å²) < 4.78 is 14.6. The number of benzene rings is 1. The minimum Gasteiger partial charge on any atom is -0.274 e. The van der Waals surface area contributed by atoms with Crippen LogP contribution in [0.25, 0.3) is 5.69 Å². The van der Waals surface area contributed by atoms with Crippen LogP contribution in [0, 0.1) is 5.82 Å². The molecule has 21 heavy (non-hydrogen) atoms. The maximum Gasteiger partial charge on any atom is 0.299 e. The molecular weight excluding hydrogens is 275 g/mol. The molecule has 1 aliphatic carbocycles. The van der Waals surface area contributed by atoms with Gasteiger partial charge in [0.2, 0.25) is 0 Å². The first-order valence-corrected chi connectivity index (χ1v) is 6.65. The van der Waals surface area contributed by atoms with Gasteiger partial charge in [-0.05, 0) is 37.1 Å². The molecule has 0 N–H and O–H groups in total. The molecule has 7 heteroatoms. The third-order valence-electron chi connectivity index (χ3n) is 3.50. The van der Waals surface area contributed by atoms with Crippen LogP contribution in [0.15, 0.2) is 24.3 Å². The van der Waals surface area contributed by atoms with E-state index in [1.165, 1.54) is 26.3 Å². The summed E-state index contributed by atoms with van der Waals surface area (Å²) in [4.78, 5) is 17.2. The maximum absolute atomic E-state index is 13.0. The van der Waals surface area contributed by atoms with Crippen LogP contribution in [0.3, 0.4) is 0 Å². The molecule has 0 radical (unpaired) electrons. The Kier molecular flexibility index (Phi) is 3.42. The van der Waals surface area contributed by atoms with Crippen molar-refractivity contribution >= 4 is 5.91 Å². The zero-order valence-corrected chi connectivity index (χ0v) is 11.8. The van der Waals surface area contributed by atoms with Crippen LogP contribution in [0.5, 0.6) is 0 Å². The monoisotopic (exact) mass is 290 g/mol. The summed E-state index contributed by atoms with van der Waals surface area (Å²) in [7, 11) is 2.94.